The van der Waals surface area contributed by atoms with Crippen molar-refractivity contribution >= 4 is 23.4 Å². The normalized spacial score (nSPS) is 14.7. The Hall–Kier alpha value is -3.40. The van der Waals surface area contributed by atoms with Crippen molar-refractivity contribution in [2.75, 3.05) is 18.0 Å². The molecule has 1 aromatic heterocycles. The van der Waals surface area contributed by atoms with Crippen molar-refractivity contribution in [3.05, 3.63) is 63.4 Å². The van der Waals surface area contributed by atoms with E-state index in [1.165, 1.54) is 30.7 Å². The summed E-state index contributed by atoms with van der Waals surface area (Å²) in [5.41, 5.74) is -0.238. The van der Waals surface area contributed by atoms with Crippen molar-refractivity contribution in [2.45, 2.75) is 19.3 Å². The van der Waals surface area contributed by atoms with E-state index in [0.717, 1.165) is 37.9 Å². The number of hydrogen-bond acceptors (Lipinski definition) is 6. The highest BCUT2D eigenvalue weighted by molar-refractivity contribution is 6.14. The molecule has 0 N–H and O–H groups in total. The number of anilines is 1. The minimum Gasteiger partial charge on any atom is -0.441 e. The first-order chi connectivity index (χ1) is 12.6. The highest BCUT2D eigenvalue weighted by atomic mass is 16.6. The van der Waals surface area contributed by atoms with E-state index in [1.807, 2.05) is 12.1 Å². The van der Waals surface area contributed by atoms with Gasteiger partial charge in [0.05, 0.1) is 4.92 Å². The predicted molar refractivity (Wildman–Crippen MR) is 95.8 cm³/mol. The Bertz CT molecular complexity index is 902. The lowest BCUT2D eigenvalue weighted by Gasteiger charge is -2.25. The second-order valence-corrected chi connectivity index (χ2v) is 6.03. The zero-order valence-electron chi connectivity index (χ0n) is 14.1. The number of non-ortho nitro benzene ring substituents is 1. The number of piperidine rings is 1. The number of nitro groups is 1. The number of carbonyl (C=O) groups excluding carboxylic acids is 1. The minimum absolute atomic E-state index is 0.0924. The van der Waals surface area contributed by atoms with Crippen LogP contribution in [-0.2, 0) is 0 Å². The van der Waals surface area contributed by atoms with E-state index in [2.05, 4.69) is 4.90 Å². The monoisotopic (exact) mass is 351 g/mol. The largest absolute Gasteiger partial charge is 0.441 e. The molecule has 3 rings (SSSR count). The number of furan rings is 1. The molecule has 0 saturated carbocycles. The lowest BCUT2D eigenvalue weighted by Crippen LogP contribution is -2.28. The van der Waals surface area contributed by atoms with Gasteiger partial charge in [-0.2, -0.15) is 5.26 Å². The van der Waals surface area contributed by atoms with Crippen LogP contribution in [-0.4, -0.2) is 23.8 Å². The molecule has 2 heterocycles. The van der Waals surface area contributed by atoms with Crippen LogP contribution in [0.15, 0.2) is 46.4 Å². The Morgan fingerprint density at radius 1 is 1.23 bits per heavy atom. The van der Waals surface area contributed by atoms with Gasteiger partial charge in [0.2, 0.25) is 5.78 Å². The van der Waals surface area contributed by atoms with Crippen LogP contribution >= 0.6 is 0 Å². The number of nitro benzene ring substituents is 1. The molecule has 0 bridgehead atoms. The summed E-state index contributed by atoms with van der Waals surface area (Å²) < 4.78 is 5.74. The molecule has 2 aromatic rings. The summed E-state index contributed by atoms with van der Waals surface area (Å²) in [6.45, 7) is 1.85. The molecule has 0 spiro atoms. The van der Waals surface area contributed by atoms with Gasteiger partial charge in [-0.25, -0.2) is 0 Å². The number of rotatable bonds is 5. The van der Waals surface area contributed by atoms with Crippen molar-refractivity contribution in [3.63, 3.8) is 0 Å². The second-order valence-electron chi connectivity index (χ2n) is 6.03. The molecule has 0 aliphatic carbocycles. The zero-order chi connectivity index (χ0) is 18.5. The number of hydrogen-bond donors (Lipinski definition) is 0. The lowest BCUT2D eigenvalue weighted by molar-refractivity contribution is -0.384. The number of ketones is 1. The highest BCUT2D eigenvalue weighted by Crippen LogP contribution is 2.24. The van der Waals surface area contributed by atoms with Gasteiger partial charge >= 0.3 is 0 Å². The highest BCUT2D eigenvalue weighted by Gasteiger charge is 2.18. The molecule has 0 radical (unpaired) electrons. The summed E-state index contributed by atoms with van der Waals surface area (Å²) in [5.74, 6) is 0.545. The standard InChI is InChI=1S/C19H17N3O4/c20-13-15(19(23)14-5-4-6-16(11-14)22(24)25)12-17-7-8-18(26-17)21-9-2-1-3-10-21/h4-8,11-12H,1-3,9-10H2/b15-12+. The number of allylic oxidation sites excluding steroid dienone is 1. The van der Waals surface area contributed by atoms with Crippen molar-refractivity contribution in [1.29, 1.82) is 5.26 Å². The molecule has 7 heteroatoms. The Kier molecular flexibility index (Phi) is 5.13. The van der Waals surface area contributed by atoms with E-state index in [1.54, 1.807) is 6.07 Å². The third-order valence-corrected chi connectivity index (χ3v) is 4.25. The second kappa shape index (κ2) is 7.66. The summed E-state index contributed by atoms with van der Waals surface area (Å²) in [6.07, 6.45) is 4.80. The fourth-order valence-electron chi connectivity index (χ4n) is 2.91. The van der Waals surface area contributed by atoms with E-state index in [-0.39, 0.29) is 16.8 Å². The Balaban J connectivity index is 1.83. The predicted octanol–water partition coefficient (Wildman–Crippen LogP) is 3.97. The van der Waals surface area contributed by atoms with Gasteiger partial charge in [-0.3, -0.25) is 14.9 Å². The van der Waals surface area contributed by atoms with Gasteiger partial charge in [0.15, 0.2) is 5.88 Å². The molecule has 1 aromatic carbocycles. The van der Waals surface area contributed by atoms with Crippen molar-refractivity contribution in [3.8, 4) is 6.07 Å². The third kappa shape index (κ3) is 3.81. The first-order valence-electron chi connectivity index (χ1n) is 8.34. The first-order valence-corrected chi connectivity index (χ1v) is 8.34. The van der Waals surface area contributed by atoms with Crippen LogP contribution in [0.3, 0.4) is 0 Å². The van der Waals surface area contributed by atoms with E-state index in [4.69, 9.17) is 4.42 Å². The Morgan fingerprint density at radius 3 is 2.69 bits per heavy atom. The maximum Gasteiger partial charge on any atom is 0.270 e. The molecule has 132 valence electrons. The van der Waals surface area contributed by atoms with Gasteiger partial charge in [-0.05, 0) is 25.3 Å². The molecule has 1 aliphatic heterocycles. The quantitative estimate of drug-likeness (QED) is 0.266. The van der Waals surface area contributed by atoms with E-state index in [9.17, 15) is 20.2 Å². The van der Waals surface area contributed by atoms with Gasteiger partial charge in [-0.15, -0.1) is 0 Å². The summed E-state index contributed by atoms with van der Waals surface area (Å²) in [5, 5.41) is 20.2. The van der Waals surface area contributed by atoms with Crippen LogP contribution in [0.4, 0.5) is 11.6 Å². The molecule has 1 saturated heterocycles. The smallest absolute Gasteiger partial charge is 0.270 e. The maximum absolute atomic E-state index is 12.5. The molecule has 26 heavy (non-hydrogen) atoms. The molecule has 0 unspecified atom stereocenters. The minimum atomic E-state index is -0.579. The van der Waals surface area contributed by atoms with E-state index < -0.39 is 10.7 Å². The number of benzene rings is 1. The van der Waals surface area contributed by atoms with Gasteiger partial charge in [0, 0.05) is 42.9 Å². The maximum atomic E-state index is 12.5. The fraction of sp³-hybridized carbons (Fsp3) is 0.263. The number of Topliss-reactive ketones (excluding diaryl/α,β-unsaturated/α-hetero) is 1. The van der Waals surface area contributed by atoms with E-state index >= 15 is 0 Å². The van der Waals surface area contributed by atoms with Crippen molar-refractivity contribution < 1.29 is 14.1 Å². The average Bonchev–Trinajstić information content (AvgIpc) is 3.15. The SMILES string of the molecule is N#C/C(=C\c1ccc(N2CCCCC2)o1)C(=O)c1cccc([N+](=O)[O-])c1. The van der Waals surface area contributed by atoms with Crippen LogP contribution in [0.2, 0.25) is 0 Å². The molecule has 1 aliphatic rings. The van der Waals surface area contributed by atoms with Crippen molar-refractivity contribution in [1.82, 2.24) is 0 Å². The van der Waals surface area contributed by atoms with Crippen LogP contribution in [0.25, 0.3) is 6.08 Å². The molecular formula is C19H17N3O4. The molecule has 0 atom stereocenters. The number of nitrogens with zero attached hydrogens (tertiary/aromatic N) is 3. The van der Waals surface area contributed by atoms with Crippen LogP contribution in [0, 0.1) is 21.4 Å². The Morgan fingerprint density at radius 2 is 2.00 bits per heavy atom. The summed E-state index contributed by atoms with van der Waals surface area (Å²) >= 11 is 0. The zero-order valence-corrected chi connectivity index (χ0v) is 14.1. The molecule has 0 amide bonds. The first kappa shape index (κ1) is 17.4. The van der Waals surface area contributed by atoms with E-state index in [0.29, 0.717) is 5.76 Å². The topological polar surface area (TPSA) is 100 Å². The van der Waals surface area contributed by atoms with Gasteiger partial charge < -0.3 is 9.32 Å². The van der Waals surface area contributed by atoms with Crippen molar-refractivity contribution in [2.24, 2.45) is 0 Å². The number of nitriles is 1. The molecule has 1 fully saturated rings. The van der Waals surface area contributed by atoms with Crippen LogP contribution in [0.1, 0.15) is 35.4 Å². The summed E-state index contributed by atoms with van der Waals surface area (Å²) in [4.78, 5) is 24.9. The fourth-order valence-corrected chi connectivity index (χ4v) is 2.91. The number of carbonyl (C=O) groups is 1. The van der Waals surface area contributed by atoms with Crippen LogP contribution < -0.4 is 4.90 Å². The molecular weight excluding hydrogens is 334 g/mol. The molecule has 7 nitrogen and oxygen atoms in total. The van der Waals surface area contributed by atoms with Gasteiger partial charge in [0.25, 0.3) is 5.69 Å². The summed E-state index contributed by atoms with van der Waals surface area (Å²) in [6, 6.07) is 10.7. The third-order valence-electron chi connectivity index (χ3n) is 4.25. The van der Waals surface area contributed by atoms with Crippen LogP contribution in [0.5, 0.6) is 0 Å². The van der Waals surface area contributed by atoms with Gasteiger partial charge in [0.1, 0.15) is 17.4 Å². The Labute approximate surface area is 150 Å². The average molecular weight is 351 g/mol. The lowest BCUT2D eigenvalue weighted by atomic mass is 10.0. The van der Waals surface area contributed by atoms with Gasteiger partial charge in [-0.1, -0.05) is 12.1 Å². The summed E-state index contributed by atoms with van der Waals surface area (Å²) in [7, 11) is 0.